The SMILES string of the molecule is Cc1ccnc(Sc2cc(CN)ccn2)n1. The van der Waals surface area contributed by atoms with Gasteiger partial charge in [-0.3, -0.25) is 0 Å². The van der Waals surface area contributed by atoms with Gasteiger partial charge in [0.15, 0.2) is 5.16 Å². The summed E-state index contributed by atoms with van der Waals surface area (Å²) in [4.78, 5) is 12.7. The van der Waals surface area contributed by atoms with E-state index in [1.807, 2.05) is 25.1 Å². The Morgan fingerprint density at radius 1 is 1.25 bits per heavy atom. The van der Waals surface area contributed by atoms with Gasteiger partial charge in [0.05, 0.1) is 0 Å². The topological polar surface area (TPSA) is 64.7 Å². The predicted molar refractivity (Wildman–Crippen MR) is 63.0 cm³/mol. The molecule has 4 nitrogen and oxygen atoms in total. The van der Waals surface area contributed by atoms with Crippen LogP contribution in [0.1, 0.15) is 11.3 Å². The second-order valence-corrected chi connectivity index (χ2v) is 4.28. The van der Waals surface area contributed by atoms with E-state index in [9.17, 15) is 0 Å². The number of pyridine rings is 1. The lowest BCUT2D eigenvalue weighted by atomic mass is 10.3. The van der Waals surface area contributed by atoms with E-state index in [2.05, 4.69) is 15.0 Å². The highest BCUT2D eigenvalue weighted by atomic mass is 32.2. The van der Waals surface area contributed by atoms with Crippen LogP contribution in [0.15, 0.2) is 40.8 Å². The molecule has 2 aromatic rings. The zero-order valence-electron chi connectivity index (χ0n) is 8.92. The molecule has 0 aliphatic heterocycles. The van der Waals surface area contributed by atoms with Crippen LogP contribution in [0, 0.1) is 6.92 Å². The van der Waals surface area contributed by atoms with Gasteiger partial charge in [-0.15, -0.1) is 0 Å². The fourth-order valence-corrected chi connectivity index (χ4v) is 2.02. The molecular weight excluding hydrogens is 220 g/mol. The van der Waals surface area contributed by atoms with E-state index in [1.54, 1.807) is 12.4 Å². The maximum Gasteiger partial charge on any atom is 0.194 e. The zero-order valence-corrected chi connectivity index (χ0v) is 9.74. The van der Waals surface area contributed by atoms with Crippen molar-refractivity contribution < 1.29 is 0 Å². The molecule has 2 N–H and O–H groups in total. The summed E-state index contributed by atoms with van der Waals surface area (Å²) < 4.78 is 0. The molecule has 0 radical (unpaired) electrons. The molecule has 0 amide bonds. The first-order chi connectivity index (χ1) is 7.78. The molecule has 2 aromatic heterocycles. The summed E-state index contributed by atoms with van der Waals surface area (Å²) in [7, 11) is 0. The monoisotopic (exact) mass is 232 g/mol. The van der Waals surface area contributed by atoms with E-state index >= 15 is 0 Å². The first kappa shape index (κ1) is 11.0. The van der Waals surface area contributed by atoms with Gasteiger partial charge in [-0.05, 0) is 42.4 Å². The van der Waals surface area contributed by atoms with E-state index < -0.39 is 0 Å². The molecule has 0 fully saturated rings. The van der Waals surface area contributed by atoms with Crippen LogP contribution in [-0.4, -0.2) is 15.0 Å². The normalized spacial score (nSPS) is 10.4. The van der Waals surface area contributed by atoms with Gasteiger partial charge in [0.25, 0.3) is 0 Å². The molecule has 0 spiro atoms. The van der Waals surface area contributed by atoms with Crippen LogP contribution in [-0.2, 0) is 6.54 Å². The summed E-state index contributed by atoms with van der Waals surface area (Å²) >= 11 is 1.44. The number of nitrogens with two attached hydrogens (primary N) is 1. The van der Waals surface area contributed by atoms with Crippen LogP contribution in [0.2, 0.25) is 0 Å². The quantitative estimate of drug-likeness (QED) is 0.817. The fraction of sp³-hybridized carbons (Fsp3) is 0.182. The number of rotatable bonds is 3. The van der Waals surface area contributed by atoms with Crippen LogP contribution >= 0.6 is 11.8 Å². The summed E-state index contributed by atoms with van der Waals surface area (Å²) in [6, 6.07) is 5.73. The van der Waals surface area contributed by atoms with E-state index in [-0.39, 0.29) is 0 Å². The molecule has 0 aliphatic rings. The minimum absolute atomic E-state index is 0.519. The largest absolute Gasteiger partial charge is 0.326 e. The molecule has 0 saturated carbocycles. The van der Waals surface area contributed by atoms with Gasteiger partial charge in [-0.1, -0.05) is 0 Å². The number of nitrogens with zero attached hydrogens (tertiary/aromatic N) is 3. The number of hydrogen-bond donors (Lipinski definition) is 1. The molecule has 0 unspecified atom stereocenters. The van der Waals surface area contributed by atoms with E-state index in [4.69, 9.17) is 5.73 Å². The van der Waals surface area contributed by atoms with Gasteiger partial charge in [0.1, 0.15) is 5.03 Å². The van der Waals surface area contributed by atoms with Crippen LogP contribution in [0.5, 0.6) is 0 Å². The average Bonchev–Trinajstić information content (AvgIpc) is 2.29. The highest BCUT2D eigenvalue weighted by Gasteiger charge is 2.02. The van der Waals surface area contributed by atoms with Crippen molar-refractivity contribution in [2.75, 3.05) is 0 Å². The lowest BCUT2D eigenvalue weighted by molar-refractivity contribution is 0.925. The van der Waals surface area contributed by atoms with Crippen molar-refractivity contribution in [2.24, 2.45) is 5.73 Å². The molecule has 5 heteroatoms. The molecule has 16 heavy (non-hydrogen) atoms. The minimum Gasteiger partial charge on any atom is -0.326 e. The van der Waals surface area contributed by atoms with Gasteiger partial charge in [-0.25, -0.2) is 15.0 Å². The van der Waals surface area contributed by atoms with E-state index in [0.717, 1.165) is 16.3 Å². The van der Waals surface area contributed by atoms with Gasteiger partial charge in [0, 0.05) is 24.6 Å². The third kappa shape index (κ3) is 2.77. The molecular formula is C11H12N4S. The summed E-state index contributed by atoms with van der Waals surface area (Å²) in [6.45, 7) is 2.46. The van der Waals surface area contributed by atoms with E-state index in [0.29, 0.717) is 11.7 Å². The lowest BCUT2D eigenvalue weighted by Gasteiger charge is -2.01. The van der Waals surface area contributed by atoms with Crippen molar-refractivity contribution in [3.05, 3.63) is 41.9 Å². The van der Waals surface area contributed by atoms with E-state index in [1.165, 1.54) is 11.8 Å². The highest BCUT2D eigenvalue weighted by molar-refractivity contribution is 7.99. The molecule has 0 aromatic carbocycles. The lowest BCUT2D eigenvalue weighted by Crippen LogP contribution is -1.97. The minimum atomic E-state index is 0.519. The Balaban J connectivity index is 2.20. The third-order valence-corrected chi connectivity index (χ3v) is 2.82. The summed E-state index contributed by atoms with van der Waals surface area (Å²) in [5, 5.41) is 1.58. The Morgan fingerprint density at radius 3 is 2.81 bits per heavy atom. The number of aromatic nitrogens is 3. The van der Waals surface area contributed by atoms with Crippen molar-refractivity contribution >= 4 is 11.8 Å². The first-order valence-corrected chi connectivity index (χ1v) is 5.72. The highest BCUT2D eigenvalue weighted by Crippen LogP contribution is 2.22. The standard InChI is InChI=1S/C11H12N4S/c1-8-2-4-14-11(15-8)16-10-6-9(7-12)3-5-13-10/h2-6H,7,12H2,1H3. The summed E-state index contributed by atoms with van der Waals surface area (Å²) in [5.41, 5.74) is 7.58. The molecule has 0 atom stereocenters. The molecule has 0 bridgehead atoms. The van der Waals surface area contributed by atoms with Crippen molar-refractivity contribution in [3.8, 4) is 0 Å². The maximum atomic E-state index is 5.57. The molecule has 2 heterocycles. The zero-order chi connectivity index (χ0) is 11.4. The van der Waals surface area contributed by atoms with Gasteiger partial charge >= 0.3 is 0 Å². The molecule has 0 aliphatic carbocycles. The van der Waals surface area contributed by atoms with Gasteiger partial charge in [0.2, 0.25) is 0 Å². The van der Waals surface area contributed by atoms with Crippen molar-refractivity contribution in [2.45, 2.75) is 23.7 Å². The van der Waals surface area contributed by atoms with Crippen molar-refractivity contribution in [1.29, 1.82) is 0 Å². The molecule has 2 rings (SSSR count). The van der Waals surface area contributed by atoms with Gasteiger partial charge in [-0.2, -0.15) is 0 Å². The average molecular weight is 232 g/mol. The second kappa shape index (κ2) is 5.05. The first-order valence-electron chi connectivity index (χ1n) is 4.90. The van der Waals surface area contributed by atoms with Crippen LogP contribution in [0.3, 0.4) is 0 Å². The number of aryl methyl sites for hydroxylation is 1. The fourth-order valence-electron chi connectivity index (χ4n) is 1.20. The Kier molecular flexibility index (Phi) is 3.48. The van der Waals surface area contributed by atoms with Crippen LogP contribution in [0.25, 0.3) is 0 Å². The maximum absolute atomic E-state index is 5.57. The van der Waals surface area contributed by atoms with Gasteiger partial charge < -0.3 is 5.73 Å². The Bertz CT molecular complexity index is 487. The molecule has 82 valence electrons. The van der Waals surface area contributed by atoms with Crippen molar-refractivity contribution in [1.82, 2.24) is 15.0 Å². The Hall–Kier alpha value is -1.46. The summed E-state index contributed by atoms with van der Waals surface area (Å²) in [6.07, 6.45) is 3.50. The van der Waals surface area contributed by atoms with Crippen LogP contribution in [0.4, 0.5) is 0 Å². The number of hydrogen-bond acceptors (Lipinski definition) is 5. The van der Waals surface area contributed by atoms with Crippen molar-refractivity contribution in [3.63, 3.8) is 0 Å². The molecule has 0 saturated heterocycles. The Labute approximate surface area is 98.3 Å². The summed E-state index contributed by atoms with van der Waals surface area (Å²) in [5.74, 6) is 0. The van der Waals surface area contributed by atoms with Crippen LogP contribution < -0.4 is 5.73 Å². The second-order valence-electron chi connectivity index (χ2n) is 3.29. The predicted octanol–water partition coefficient (Wildman–Crippen LogP) is 1.79. The smallest absolute Gasteiger partial charge is 0.194 e. The Morgan fingerprint density at radius 2 is 2.06 bits per heavy atom. The third-order valence-electron chi connectivity index (χ3n) is 2.00.